The van der Waals surface area contributed by atoms with E-state index < -0.39 is 0 Å². The van der Waals surface area contributed by atoms with Crippen LogP contribution in [-0.2, 0) is 28.9 Å². The monoisotopic (exact) mass is 1570 g/mol. The molecule has 0 saturated carbocycles. The van der Waals surface area contributed by atoms with Crippen LogP contribution < -0.4 is 25.3 Å². The van der Waals surface area contributed by atoms with Gasteiger partial charge < -0.3 is 25.3 Å². The zero-order chi connectivity index (χ0) is 87.5. The molecule has 11 rings (SSSR count). The van der Waals surface area contributed by atoms with Crippen molar-refractivity contribution in [3.8, 4) is 0 Å². The van der Waals surface area contributed by atoms with E-state index in [1.807, 2.05) is 18.2 Å². The fourth-order valence-electron chi connectivity index (χ4n) is 19.5. The highest BCUT2D eigenvalue weighted by Gasteiger charge is 2.49. The predicted molar refractivity (Wildman–Crippen MR) is 500 cm³/mol. The number of hydrogen-bond donors (Lipinski definition) is 2. The number of anilines is 4. The van der Waals surface area contributed by atoms with Gasteiger partial charge in [0, 0.05) is 100.0 Å². The van der Waals surface area contributed by atoms with E-state index in [4.69, 9.17) is 0 Å². The molecule has 4 aromatic rings. The molecule has 3 fully saturated rings. The molecule has 0 spiro atoms. The van der Waals surface area contributed by atoms with Crippen molar-refractivity contribution in [2.75, 3.05) is 52.7 Å². The summed E-state index contributed by atoms with van der Waals surface area (Å²) in [5.74, 6) is 0.254. The fourth-order valence-corrected chi connectivity index (χ4v) is 19.5. The lowest BCUT2D eigenvalue weighted by Crippen LogP contribution is -2.64. The van der Waals surface area contributed by atoms with E-state index in [0.29, 0.717) is 50.9 Å². The van der Waals surface area contributed by atoms with Crippen LogP contribution in [0.5, 0.6) is 0 Å². The number of para-hydroxylation sites is 4. The molecule has 7 unspecified atom stereocenters. The summed E-state index contributed by atoms with van der Waals surface area (Å²) in [7, 11) is 0. The van der Waals surface area contributed by atoms with E-state index in [1.165, 1.54) is 111 Å². The molecule has 648 valence electrons. The molecular weight excluding hydrogens is 1400 g/mol. The fraction of sp³-hybridized carbons (Fsp3) is 0.748. The molecule has 7 aliphatic rings. The van der Waals surface area contributed by atoms with Crippen LogP contribution in [0.3, 0.4) is 0 Å². The first-order valence-electron chi connectivity index (χ1n) is 44.7. The second-order valence-electron chi connectivity index (χ2n) is 49.3. The average Bonchev–Trinajstić information content (AvgIpc) is 0.954. The molecule has 2 amide bonds. The molecule has 7 atom stereocenters. The summed E-state index contributed by atoms with van der Waals surface area (Å²) in [5.41, 5.74) is 13.8. The van der Waals surface area contributed by atoms with Gasteiger partial charge in [-0.05, 0) is 294 Å². The van der Waals surface area contributed by atoms with Crippen molar-refractivity contribution in [1.82, 2.24) is 24.9 Å². The van der Waals surface area contributed by atoms with Crippen molar-refractivity contribution in [2.45, 2.75) is 430 Å². The number of likely N-dealkylation sites (tertiary alicyclic amines) is 2. The van der Waals surface area contributed by atoms with Crippen molar-refractivity contribution >= 4 is 34.6 Å². The van der Waals surface area contributed by atoms with Gasteiger partial charge in [-0.15, -0.1) is 0 Å². The lowest BCUT2D eigenvalue weighted by molar-refractivity contribution is -0.137. The van der Waals surface area contributed by atoms with Gasteiger partial charge in [0.2, 0.25) is 11.8 Å². The molecule has 4 aromatic carbocycles. The third-order valence-electron chi connectivity index (χ3n) is 24.5. The van der Waals surface area contributed by atoms with Gasteiger partial charge in [0.25, 0.3) is 0 Å². The molecule has 3 saturated heterocycles. The van der Waals surface area contributed by atoms with Crippen LogP contribution in [0.1, 0.15) is 358 Å². The molecule has 0 aliphatic carbocycles. The van der Waals surface area contributed by atoms with Crippen LogP contribution in [0.15, 0.2) is 97.1 Å². The topological polar surface area (TPSA) is 80.9 Å². The first kappa shape index (κ1) is 99.6. The Morgan fingerprint density at radius 2 is 0.649 bits per heavy atom. The standard InChI is InChI=1S/2C17H27N.C16H24N2O.C16H25N.C13H27N.C12H24N2O.C12H25N/c1-16(2,3)15-14-10-8-7-9-13(14)11-12-18(15)17(4,5)6;1-16(2,3)15-12-11-13-9-7-8-10-14(13)18(15)17(4,5)6;1-15(2,3)13-14(19)17-11-9-7-8-10-12(11)18(13)16(4,5)6;1-15(2,3)14-11-12-9-7-8-10-13(12)17(14)16(4,5)6;1-12(2,3)11-9-7-8-10-14(11)13(4,5)6;1-11(2,3)9-10(15)13-7-8-14(9)12(4,5)6;1-11(2,3)10-8-7-9-13(10)12(4,5)6/h2*7-10,15H,11-12H2,1-6H3;7-10,13H,1-6H3,(H,17,19);7-10,14H,11H2,1-6H3;11H,7-10H2,1-6H3;9H,7-8H2,1-6H3,(H,13,15);10H,7-9H2,1-6H3. The number of piperidine rings is 1. The third kappa shape index (κ3) is 26.8. The molecular formula is C103H179N9O2. The highest BCUT2D eigenvalue weighted by molar-refractivity contribution is 6.04. The smallest absolute Gasteiger partial charge is 0.247 e. The molecule has 2 N–H and O–H groups in total. The molecule has 0 aromatic heterocycles. The van der Waals surface area contributed by atoms with E-state index in [9.17, 15) is 9.59 Å². The Balaban J connectivity index is 0.000000238. The molecule has 0 bridgehead atoms. The molecule has 114 heavy (non-hydrogen) atoms. The minimum absolute atomic E-state index is 0.0161. The molecule has 0 radical (unpaired) electrons. The molecule has 7 aliphatic heterocycles. The molecule has 11 nitrogen and oxygen atoms in total. The highest BCUT2D eigenvalue weighted by atomic mass is 16.2. The van der Waals surface area contributed by atoms with Gasteiger partial charge in [-0.3, -0.25) is 29.2 Å². The zero-order valence-corrected chi connectivity index (χ0v) is 82.1. The van der Waals surface area contributed by atoms with Crippen LogP contribution in [0.25, 0.3) is 0 Å². The second kappa shape index (κ2) is 37.0. The Hall–Kier alpha value is -4.94. The quantitative estimate of drug-likeness (QED) is 0.179. The minimum Gasteiger partial charge on any atom is -0.363 e. The first-order valence-corrected chi connectivity index (χ1v) is 44.7. The Morgan fingerprint density at radius 1 is 0.281 bits per heavy atom. The van der Waals surface area contributed by atoms with Gasteiger partial charge in [-0.1, -0.05) is 225 Å². The van der Waals surface area contributed by atoms with Gasteiger partial charge in [0.05, 0.1) is 17.4 Å². The number of amides is 2. The average molecular weight is 1580 g/mol. The number of piperazine rings is 1. The Kier molecular flexibility index (Phi) is 32.3. The summed E-state index contributed by atoms with van der Waals surface area (Å²) >= 11 is 0. The van der Waals surface area contributed by atoms with Gasteiger partial charge in [-0.25, -0.2) is 0 Å². The summed E-state index contributed by atoms with van der Waals surface area (Å²) in [6.45, 7) is 102. The maximum absolute atomic E-state index is 12.5. The first-order chi connectivity index (χ1) is 51.3. The Bertz CT molecular complexity index is 3540. The lowest BCUT2D eigenvalue weighted by atomic mass is 9.75. The van der Waals surface area contributed by atoms with Gasteiger partial charge in [0.1, 0.15) is 6.04 Å². The van der Waals surface area contributed by atoms with Gasteiger partial charge in [0.15, 0.2) is 0 Å². The third-order valence-corrected chi connectivity index (χ3v) is 24.5. The second-order valence-corrected chi connectivity index (χ2v) is 49.3. The van der Waals surface area contributed by atoms with Crippen molar-refractivity contribution in [3.63, 3.8) is 0 Å². The summed E-state index contributed by atoms with van der Waals surface area (Å²) in [5, 5.41) is 6.00. The molecule has 7 heterocycles. The van der Waals surface area contributed by atoms with Gasteiger partial charge >= 0.3 is 0 Å². The summed E-state index contributed by atoms with van der Waals surface area (Å²) in [6, 6.07) is 37.8. The van der Waals surface area contributed by atoms with Crippen molar-refractivity contribution in [1.29, 1.82) is 0 Å². The Labute approximate surface area is 704 Å². The number of aryl methyl sites for hydroxylation is 1. The van der Waals surface area contributed by atoms with Crippen LogP contribution in [0.4, 0.5) is 22.7 Å². The highest BCUT2D eigenvalue weighted by Crippen LogP contribution is 2.49. The number of benzene rings is 4. The van der Waals surface area contributed by atoms with Gasteiger partial charge in [-0.2, -0.15) is 0 Å². The van der Waals surface area contributed by atoms with Crippen LogP contribution in [0, 0.1) is 37.9 Å². The van der Waals surface area contributed by atoms with Crippen LogP contribution >= 0.6 is 0 Å². The maximum Gasteiger partial charge on any atom is 0.247 e. The molecule has 11 heteroatoms. The largest absolute Gasteiger partial charge is 0.363 e. The van der Waals surface area contributed by atoms with E-state index in [0.717, 1.165) is 36.5 Å². The number of nitrogens with zero attached hydrogens (tertiary/aromatic N) is 7. The zero-order valence-electron chi connectivity index (χ0n) is 82.1. The number of carbonyl (C=O) groups is 2. The van der Waals surface area contributed by atoms with Crippen molar-refractivity contribution in [2.24, 2.45) is 37.9 Å². The van der Waals surface area contributed by atoms with E-state index in [1.54, 1.807) is 0 Å². The normalized spacial score (nSPS) is 22.8. The number of rotatable bonds is 0. The van der Waals surface area contributed by atoms with E-state index in [-0.39, 0.29) is 67.8 Å². The van der Waals surface area contributed by atoms with Crippen LogP contribution in [0.2, 0.25) is 0 Å². The Morgan fingerprint density at radius 3 is 1.06 bits per heavy atom. The van der Waals surface area contributed by atoms with E-state index >= 15 is 0 Å². The SMILES string of the molecule is CC(C)(C)C1C(=O)NCCN1C(C)(C)C.CC(C)(C)C1C(=O)Nc2ccccc2N1C(C)(C)C.CC(C)(C)C1CCCCN1C(C)(C)C.CC(C)(C)C1CCCN1C(C)(C)C.CC(C)(C)C1CCc2ccccc2N1C(C)(C)C.CC(C)(C)C1Cc2ccccc2N1C(C)(C)C.CC(C)(C)C1c2ccccc2CCN1C(C)(C)C. The number of carbonyl (C=O) groups excluding carboxylic acids is 2. The summed E-state index contributed by atoms with van der Waals surface area (Å²) in [4.78, 5) is 42.3. The minimum atomic E-state index is -0.164. The van der Waals surface area contributed by atoms with Crippen molar-refractivity contribution in [3.05, 3.63) is 119 Å². The number of fused-ring (bicyclic) bond motifs is 4. The van der Waals surface area contributed by atoms with E-state index in [2.05, 4.69) is 415 Å². The number of nitrogens with one attached hydrogen (secondary N) is 2. The van der Waals surface area contributed by atoms with Crippen molar-refractivity contribution < 1.29 is 9.59 Å². The van der Waals surface area contributed by atoms with Crippen LogP contribution in [-0.4, -0.2) is 139 Å². The maximum atomic E-state index is 12.5. The lowest BCUT2D eigenvalue weighted by Gasteiger charge is -2.52. The summed E-state index contributed by atoms with van der Waals surface area (Å²) < 4.78 is 0. The predicted octanol–water partition coefficient (Wildman–Crippen LogP) is 25.6. The number of hydrogen-bond acceptors (Lipinski definition) is 9. The summed E-state index contributed by atoms with van der Waals surface area (Å²) in [6.07, 6.45) is 11.7.